The number of amides is 1. The van der Waals surface area contributed by atoms with Gasteiger partial charge >= 0.3 is 0 Å². The molecule has 0 aromatic heterocycles. The summed E-state index contributed by atoms with van der Waals surface area (Å²) >= 11 is 0. The summed E-state index contributed by atoms with van der Waals surface area (Å²) in [4.78, 5) is 11.4. The number of nitrogens with one attached hydrogen (secondary N) is 1. The number of rotatable bonds is 5. The highest BCUT2D eigenvalue weighted by Gasteiger charge is 2.22. The third kappa shape index (κ3) is 4.10. The summed E-state index contributed by atoms with van der Waals surface area (Å²) in [5.41, 5.74) is 0.616. The van der Waals surface area contributed by atoms with E-state index in [0.717, 1.165) is 11.3 Å². The monoisotopic (exact) mass is 246 g/mol. The van der Waals surface area contributed by atoms with E-state index in [1.807, 2.05) is 44.2 Å². The van der Waals surface area contributed by atoms with Gasteiger partial charge in [-0.3, -0.25) is 4.79 Å². The number of hydrogen-bond acceptors (Lipinski definition) is 3. The molecule has 1 aromatic rings. The molecule has 4 nitrogen and oxygen atoms in total. The van der Waals surface area contributed by atoms with E-state index in [0.29, 0.717) is 6.42 Å². The summed E-state index contributed by atoms with van der Waals surface area (Å²) in [7, 11) is 1.63. The van der Waals surface area contributed by atoms with Gasteiger partial charge in [0.15, 0.2) is 0 Å². The normalized spacial score (nSPS) is 10.6. The molecule has 1 aromatic carbocycles. The van der Waals surface area contributed by atoms with Crippen molar-refractivity contribution in [2.24, 2.45) is 0 Å². The van der Waals surface area contributed by atoms with Gasteiger partial charge in [0, 0.05) is 5.54 Å². The minimum absolute atomic E-state index is 0.116. The molecule has 0 saturated carbocycles. The number of carbonyl (C=O) groups excluding carboxylic acids is 1. The van der Waals surface area contributed by atoms with Crippen molar-refractivity contribution in [3.8, 4) is 11.8 Å². The number of hydrogen-bond donors (Lipinski definition) is 1. The molecule has 0 aliphatic carbocycles. The van der Waals surface area contributed by atoms with E-state index < -0.39 is 5.54 Å². The Kier molecular flexibility index (Phi) is 4.73. The average Bonchev–Trinajstić information content (AvgIpc) is 2.28. The molecular weight excluding hydrogens is 228 g/mol. The predicted octanol–water partition coefficient (Wildman–Crippen LogP) is 2.05. The molecule has 0 heterocycles. The smallest absolute Gasteiger partial charge is 0.234 e. The van der Waals surface area contributed by atoms with Crippen LogP contribution in [-0.2, 0) is 11.2 Å². The predicted molar refractivity (Wildman–Crippen MR) is 69.1 cm³/mol. The molecule has 96 valence electrons. The van der Waals surface area contributed by atoms with Gasteiger partial charge in [0.2, 0.25) is 5.91 Å². The largest absolute Gasteiger partial charge is 0.496 e. The van der Waals surface area contributed by atoms with Crippen molar-refractivity contribution in [3.63, 3.8) is 0 Å². The summed E-state index contributed by atoms with van der Waals surface area (Å²) < 4.78 is 5.28. The highest BCUT2D eigenvalue weighted by atomic mass is 16.5. The Bertz CT molecular complexity index is 461. The summed E-state index contributed by atoms with van der Waals surface area (Å²) in [6.07, 6.45) is 0.531. The van der Waals surface area contributed by atoms with Gasteiger partial charge in [-0.25, -0.2) is 0 Å². The minimum atomic E-state index is -0.414. The Balaban J connectivity index is 2.76. The molecule has 1 N–H and O–H groups in total. The maximum atomic E-state index is 11.4. The maximum absolute atomic E-state index is 11.4. The van der Waals surface area contributed by atoms with Crippen LogP contribution in [0.5, 0.6) is 5.75 Å². The van der Waals surface area contributed by atoms with Crippen molar-refractivity contribution < 1.29 is 9.53 Å². The lowest BCUT2D eigenvalue weighted by atomic mass is 9.94. The maximum Gasteiger partial charge on any atom is 0.234 e. The molecule has 1 rings (SSSR count). The number of nitriles is 1. The van der Waals surface area contributed by atoms with Crippen molar-refractivity contribution in [2.75, 3.05) is 7.11 Å². The standard InChI is InChI=1S/C14H18N2O2/c1-14(2,16-13(17)8-9-15)10-11-6-4-5-7-12(11)18-3/h4-7H,8,10H2,1-3H3,(H,16,17). The number of carbonyl (C=O) groups is 1. The van der Waals surface area contributed by atoms with Crippen LogP contribution in [0.1, 0.15) is 25.8 Å². The second kappa shape index (κ2) is 6.06. The topological polar surface area (TPSA) is 62.1 Å². The number of para-hydroxylation sites is 1. The Morgan fingerprint density at radius 1 is 1.44 bits per heavy atom. The highest BCUT2D eigenvalue weighted by molar-refractivity contribution is 5.78. The Hall–Kier alpha value is -2.02. The minimum Gasteiger partial charge on any atom is -0.496 e. The molecule has 0 radical (unpaired) electrons. The first-order valence-electron chi connectivity index (χ1n) is 5.78. The van der Waals surface area contributed by atoms with E-state index in [1.54, 1.807) is 7.11 Å². The second-order valence-corrected chi connectivity index (χ2v) is 4.76. The van der Waals surface area contributed by atoms with Gasteiger partial charge in [-0.2, -0.15) is 5.26 Å². The molecule has 4 heteroatoms. The average molecular weight is 246 g/mol. The zero-order valence-electron chi connectivity index (χ0n) is 11.0. The van der Waals surface area contributed by atoms with Crippen LogP contribution in [0, 0.1) is 11.3 Å². The van der Waals surface area contributed by atoms with E-state index in [2.05, 4.69) is 5.32 Å². The van der Waals surface area contributed by atoms with Gasteiger partial charge in [-0.15, -0.1) is 0 Å². The summed E-state index contributed by atoms with van der Waals surface area (Å²) in [5.74, 6) is 0.553. The third-order valence-electron chi connectivity index (χ3n) is 2.54. The molecule has 0 saturated heterocycles. The first-order valence-corrected chi connectivity index (χ1v) is 5.78. The van der Waals surface area contributed by atoms with E-state index >= 15 is 0 Å². The number of methoxy groups -OCH3 is 1. The fraction of sp³-hybridized carbons (Fsp3) is 0.429. The Morgan fingerprint density at radius 3 is 2.72 bits per heavy atom. The lowest BCUT2D eigenvalue weighted by Crippen LogP contribution is -2.45. The SMILES string of the molecule is COc1ccccc1CC(C)(C)NC(=O)CC#N. The van der Waals surface area contributed by atoms with Crippen molar-refractivity contribution in [1.29, 1.82) is 5.26 Å². The molecule has 0 spiro atoms. The first-order chi connectivity index (χ1) is 8.48. The van der Waals surface area contributed by atoms with Crippen molar-refractivity contribution in [2.45, 2.75) is 32.2 Å². The second-order valence-electron chi connectivity index (χ2n) is 4.76. The van der Waals surface area contributed by atoms with Crippen LogP contribution < -0.4 is 10.1 Å². The van der Waals surface area contributed by atoms with Gasteiger partial charge in [0.05, 0.1) is 13.2 Å². The van der Waals surface area contributed by atoms with Crippen LogP contribution in [-0.4, -0.2) is 18.6 Å². The summed E-state index contributed by atoms with van der Waals surface area (Å²) in [6.45, 7) is 3.85. The molecule has 18 heavy (non-hydrogen) atoms. The molecule has 0 aliphatic heterocycles. The number of ether oxygens (including phenoxy) is 1. The van der Waals surface area contributed by atoms with E-state index in [-0.39, 0.29) is 12.3 Å². The lowest BCUT2D eigenvalue weighted by Gasteiger charge is -2.26. The van der Waals surface area contributed by atoms with Gasteiger partial charge in [0.1, 0.15) is 12.2 Å². The summed E-state index contributed by atoms with van der Waals surface area (Å²) in [5, 5.41) is 11.3. The molecule has 1 amide bonds. The zero-order chi connectivity index (χ0) is 13.6. The lowest BCUT2D eigenvalue weighted by molar-refractivity contribution is -0.121. The highest BCUT2D eigenvalue weighted by Crippen LogP contribution is 2.22. The molecule has 0 unspecified atom stereocenters. The van der Waals surface area contributed by atoms with Crippen LogP contribution >= 0.6 is 0 Å². The Morgan fingerprint density at radius 2 is 2.11 bits per heavy atom. The van der Waals surface area contributed by atoms with Crippen molar-refractivity contribution >= 4 is 5.91 Å². The zero-order valence-corrected chi connectivity index (χ0v) is 11.0. The first kappa shape index (κ1) is 14.0. The van der Waals surface area contributed by atoms with Crippen LogP contribution in [0.25, 0.3) is 0 Å². The van der Waals surface area contributed by atoms with Crippen LogP contribution in [0.4, 0.5) is 0 Å². The molecule has 0 fully saturated rings. The number of nitrogens with zero attached hydrogens (tertiary/aromatic N) is 1. The molecule has 0 bridgehead atoms. The quantitative estimate of drug-likeness (QED) is 0.864. The third-order valence-corrected chi connectivity index (χ3v) is 2.54. The molecule has 0 atom stereocenters. The fourth-order valence-electron chi connectivity index (χ4n) is 1.86. The van der Waals surface area contributed by atoms with Gasteiger partial charge in [-0.05, 0) is 31.9 Å². The van der Waals surface area contributed by atoms with E-state index in [9.17, 15) is 4.79 Å². The van der Waals surface area contributed by atoms with Crippen LogP contribution in [0.2, 0.25) is 0 Å². The fourth-order valence-corrected chi connectivity index (χ4v) is 1.86. The number of benzene rings is 1. The van der Waals surface area contributed by atoms with Gasteiger partial charge < -0.3 is 10.1 Å². The van der Waals surface area contributed by atoms with Gasteiger partial charge in [0.25, 0.3) is 0 Å². The van der Waals surface area contributed by atoms with E-state index in [1.165, 1.54) is 0 Å². The molecule has 0 aliphatic rings. The Labute approximate surface area is 108 Å². The van der Waals surface area contributed by atoms with Crippen LogP contribution in [0.3, 0.4) is 0 Å². The molecular formula is C14H18N2O2. The summed E-state index contributed by atoms with van der Waals surface area (Å²) in [6, 6.07) is 9.54. The van der Waals surface area contributed by atoms with E-state index in [4.69, 9.17) is 10.00 Å². The van der Waals surface area contributed by atoms with Gasteiger partial charge in [-0.1, -0.05) is 18.2 Å². The van der Waals surface area contributed by atoms with Crippen molar-refractivity contribution in [1.82, 2.24) is 5.32 Å². The van der Waals surface area contributed by atoms with Crippen LogP contribution in [0.15, 0.2) is 24.3 Å². The van der Waals surface area contributed by atoms with Crippen molar-refractivity contribution in [3.05, 3.63) is 29.8 Å².